The van der Waals surface area contributed by atoms with Crippen molar-refractivity contribution < 1.29 is 19.0 Å². The number of benzene rings is 1. The fraction of sp³-hybridized carbons (Fsp3) is 0.429. The molecule has 2 aliphatic rings. The van der Waals surface area contributed by atoms with Crippen molar-refractivity contribution in [3.63, 3.8) is 0 Å². The Kier molecular flexibility index (Phi) is 3.16. The molecule has 2 heterocycles. The summed E-state index contributed by atoms with van der Waals surface area (Å²) in [7, 11) is 2.94. The molecule has 2 bridgehead atoms. The molecule has 0 radical (unpaired) electrons. The number of nitrogens with one attached hydrogen (secondary N) is 2. The lowest BCUT2D eigenvalue weighted by Crippen LogP contribution is -2.70. The van der Waals surface area contributed by atoms with Gasteiger partial charge in [-0.15, -0.1) is 0 Å². The average molecular weight is 308 g/mol. The van der Waals surface area contributed by atoms with Gasteiger partial charge in [-0.1, -0.05) is 12.1 Å². The summed E-state index contributed by atoms with van der Waals surface area (Å²) in [6.07, 6.45) is 0. The van der Waals surface area contributed by atoms with Crippen molar-refractivity contribution in [1.82, 2.24) is 10.6 Å². The van der Waals surface area contributed by atoms with Crippen LogP contribution in [0.25, 0.3) is 0 Å². The molecule has 0 amide bonds. The van der Waals surface area contributed by atoms with Crippen molar-refractivity contribution in [2.24, 2.45) is 5.92 Å². The first-order valence-electron chi connectivity index (χ1n) is 6.52. The van der Waals surface area contributed by atoms with E-state index in [9.17, 15) is 4.79 Å². The van der Waals surface area contributed by atoms with Gasteiger partial charge in [0.15, 0.2) is 22.3 Å². The van der Waals surface area contributed by atoms with E-state index >= 15 is 0 Å². The standard InChI is InChI=1S/C14H16N2O4S/c1-14-9(12(17)19-3)10(15-13(21)16-14)7-5-4-6-8(18-2)11(7)20-14/h4-6,9-10H,1-3H3,(H2,15,16,21)/t9-,10+,14+/m0/s1. The SMILES string of the molecule is COC(=O)[C@@H]1[C@@H]2NC(=S)N[C@]1(C)Oc1c(OC)cccc12. The number of rotatable bonds is 2. The smallest absolute Gasteiger partial charge is 0.317 e. The molecule has 0 unspecified atom stereocenters. The van der Waals surface area contributed by atoms with E-state index in [1.54, 1.807) is 14.0 Å². The van der Waals surface area contributed by atoms with Gasteiger partial charge in [-0.3, -0.25) is 4.79 Å². The van der Waals surface area contributed by atoms with E-state index < -0.39 is 11.6 Å². The number of para-hydroxylation sites is 1. The third-order valence-corrected chi connectivity index (χ3v) is 4.13. The van der Waals surface area contributed by atoms with Crippen LogP contribution in [0, 0.1) is 5.92 Å². The topological polar surface area (TPSA) is 68.8 Å². The molecule has 1 aromatic carbocycles. The van der Waals surface area contributed by atoms with Crippen molar-refractivity contribution >= 4 is 23.3 Å². The molecule has 21 heavy (non-hydrogen) atoms. The normalized spacial score (nSPS) is 29.4. The zero-order chi connectivity index (χ0) is 15.2. The lowest BCUT2D eigenvalue weighted by Gasteiger charge is -2.50. The number of fused-ring (bicyclic) bond motifs is 4. The van der Waals surface area contributed by atoms with Gasteiger partial charge in [0.1, 0.15) is 5.92 Å². The number of esters is 1. The fourth-order valence-electron chi connectivity index (χ4n) is 2.98. The van der Waals surface area contributed by atoms with E-state index in [0.29, 0.717) is 16.6 Å². The molecule has 2 aliphatic heterocycles. The third-order valence-electron chi connectivity index (χ3n) is 3.91. The first-order valence-corrected chi connectivity index (χ1v) is 6.93. The second-order valence-corrected chi connectivity index (χ2v) is 5.57. The van der Waals surface area contributed by atoms with Gasteiger partial charge >= 0.3 is 5.97 Å². The minimum Gasteiger partial charge on any atom is -0.493 e. The Hall–Kier alpha value is -2.02. The number of hydrogen-bond donors (Lipinski definition) is 2. The zero-order valence-electron chi connectivity index (χ0n) is 11.9. The van der Waals surface area contributed by atoms with E-state index in [0.717, 1.165) is 5.56 Å². The summed E-state index contributed by atoms with van der Waals surface area (Å²) in [6.45, 7) is 1.78. The van der Waals surface area contributed by atoms with Crippen LogP contribution in [0.15, 0.2) is 18.2 Å². The van der Waals surface area contributed by atoms with Gasteiger partial charge < -0.3 is 24.8 Å². The summed E-state index contributed by atoms with van der Waals surface area (Å²) < 4.78 is 16.3. The van der Waals surface area contributed by atoms with Crippen molar-refractivity contribution in [3.05, 3.63) is 23.8 Å². The Bertz CT molecular complexity index is 621. The molecular formula is C14H16N2O4S. The summed E-state index contributed by atoms with van der Waals surface area (Å²) in [5.74, 6) is 0.297. The van der Waals surface area contributed by atoms with Crippen LogP contribution in [0.5, 0.6) is 11.5 Å². The molecule has 3 atom stereocenters. The minimum absolute atomic E-state index is 0.324. The largest absolute Gasteiger partial charge is 0.493 e. The maximum atomic E-state index is 12.2. The van der Waals surface area contributed by atoms with Gasteiger partial charge in [-0.05, 0) is 25.2 Å². The monoisotopic (exact) mass is 308 g/mol. The van der Waals surface area contributed by atoms with E-state index in [1.807, 2.05) is 18.2 Å². The average Bonchev–Trinajstić information content (AvgIpc) is 2.44. The van der Waals surface area contributed by atoms with Crippen molar-refractivity contribution in [2.75, 3.05) is 14.2 Å². The van der Waals surface area contributed by atoms with Crippen LogP contribution in [0.4, 0.5) is 0 Å². The van der Waals surface area contributed by atoms with Gasteiger partial charge in [0.25, 0.3) is 0 Å². The highest BCUT2D eigenvalue weighted by Gasteiger charge is 2.56. The quantitative estimate of drug-likeness (QED) is 0.626. The third kappa shape index (κ3) is 1.99. The predicted octanol–water partition coefficient (Wildman–Crippen LogP) is 1.11. The van der Waals surface area contributed by atoms with Gasteiger partial charge in [0.2, 0.25) is 0 Å². The van der Waals surface area contributed by atoms with Crippen LogP contribution in [0.2, 0.25) is 0 Å². The van der Waals surface area contributed by atoms with E-state index in [1.165, 1.54) is 7.11 Å². The zero-order valence-corrected chi connectivity index (χ0v) is 12.7. The number of ether oxygens (including phenoxy) is 3. The lowest BCUT2D eigenvalue weighted by atomic mass is 9.80. The van der Waals surface area contributed by atoms with Crippen LogP contribution in [0.3, 0.4) is 0 Å². The van der Waals surface area contributed by atoms with Gasteiger partial charge in [-0.25, -0.2) is 0 Å². The molecule has 7 heteroatoms. The summed E-state index contributed by atoms with van der Waals surface area (Å²) in [6, 6.07) is 5.23. The molecule has 0 aliphatic carbocycles. The first kappa shape index (κ1) is 13.9. The molecular weight excluding hydrogens is 292 g/mol. The van der Waals surface area contributed by atoms with E-state index in [2.05, 4.69) is 10.6 Å². The summed E-state index contributed by atoms with van der Waals surface area (Å²) in [5.41, 5.74) is -0.159. The minimum atomic E-state index is -0.984. The van der Waals surface area contributed by atoms with Crippen LogP contribution < -0.4 is 20.1 Å². The number of hydrogen-bond acceptors (Lipinski definition) is 5. The van der Waals surface area contributed by atoms with Gasteiger partial charge in [0, 0.05) is 5.56 Å². The van der Waals surface area contributed by atoms with Crippen molar-refractivity contribution in [3.8, 4) is 11.5 Å². The summed E-state index contributed by atoms with van der Waals surface area (Å²) >= 11 is 5.21. The maximum absolute atomic E-state index is 12.2. The highest BCUT2D eigenvalue weighted by atomic mass is 32.1. The number of methoxy groups -OCH3 is 2. The van der Waals surface area contributed by atoms with Crippen LogP contribution >= 0.6 is 12.2 Å². The summed E-state index contributed by atoms with van der Waals surface area (Å²) in [5, 5.41) is 6.59. The Balaban J connectivity index is 2.17. The van der Waals surface area contributed by atoms with Crippen LogP contribution in [-0.2, 0) is 9.53 Å². The lowest BCUT2D eigenvalue weighted by molar-refractivity contribution is -0.159. The molecule has 3 rings (SSSR count). The van der Waals surface area contributed by atoms with Gasteiger partial charge in [-0.2, -0.15) is 0 Å². The van der Waals surface area contributed by atoms with E-state index in [4.69, 9.17) is 26.4 Å². The van der Waals surface area contributed by atoms with Gasteiger partial charge in [0.05, 0.1) is 20.3 Å². The highest BCUT2D eigenvalue weighted by molar-refractivity contribution is 7.80. The second kappa shape index (κ2) is 4.77. The Labute approximate surface area is 127 Å². The predicted molar refractivity (Wildman–Crippen MR) is 79.1 cm³/mol. The number of carbonyl (C=O) groups is 1. The van der Waals surface area contributed by atoms with Crippen molar-refractivity contribution in [2.45, 2.75) is 18.7 Å². The summed E-state index contributed by atoms with van der Waals surface area (Å²) in [4.78, 5) is 12.2. The molecule has 0 spiro atoms. The Morgan fingerprint density at radius 2 is 2.19 bits per heavy atom. The molecule has 0 aromatic heterocycles. The number of carbonyl (C=O) groups excluding carboxylic acids is 1. The Morgan fingerprint density at radius 3 is 2.86 bits per heavy atom. The maximum Gasteiger partial charge on any atom is 0.317 e. The molecule has 0 saturated carbocycles. The molecule has 1 saturated heterocycles. The molecule has 1 aromatic rings. The fourth-order valence-corrected chi connectivity index (χ4v) is 3.31. The second-order valence-electron chi connectivity index (χ2n) is 5.16. The van der Waals surface area contributed by atoms with Crippen LogP contribution in [-0.4, -0.2) is 31.0 Å². The van der Waals surface area contributed by atoms with Crippen molar-refractivity contribution in [1.29, 1.82) is 0 Å². The molecule has 112 valence electrons. The first-order chi connectivity index (χ1) is 10.00. The highest BCUT2D eigenvalue weighted by Crippen LogP contribution is 2.48. The Morgan fingerprint density at radius 1 is 1.43 bits per heavy atom. The van der Waals surface area contributed by atoms with Crippen LogP contribution in [0.1, 0.15) is 18.5 Å². The molecule has 2 N–H and O–H groups in total. The molecule has 1 fully saturated rings. The van der Waals surface area contributed by atoms with E-state index in [-0.39, 0.29) is 12.0 Å². The number of thiocarbonyl (C=S) groups is 1. The molecule has 6 nitrogen and oxygen atoms in total.